The first-order valence-electron chi connectivity index (χ1n) is 4.83. The molecule has 0 amide bonds. The lowest BCUT2D eigenvalue weighted by Crippen LogP contribution is -1.87. The summed E-state index contributed by atoms with van der Waals surface area (Å²) < 4.78 is 0. The van der Waals surface area contributed by atoms with Crippen LogP contribution in [0.1, 0.15) is 18.4 Å². The van der Waals surface area contributed by atoms with Crippen molar-refractivity contribution in [3.63, 3.8) is 0 Å². The van der Waals surface area contributed by atoms with Gasteiger partial charge in [0.15, 0.2) is 0 Å². The molecule has 1 nitrogen and oxygen atoms in total. The number of carbonyl (C=O) groups excluding carboxylic acids is 1. The topological polar surface area (TPSA) is 17.1 Å². The number of aldehydes is 1. The average molecular weight is 241 g/mol. The number of allylic oxidation sites excluding steroid dienone is 2. The molecule has 1 aliphatic rings. The Labute approximate surface area is 98.7 Å². The van der Waals surface area contributed by atoms with E-state index in [0.717, 1.165) is 11.8 Å². The highest BCUT2D eigenvalue weighted by Gasteiger charge is 2.19. The number of halogens is 2. The Morgan fingerprint density at radius 3 is 2.53 bits per heavy atom. The molecule has 0 unspecified atom stereocenters. The summed E-state index contributed by atoms with van der Waals surface area (Å²) in [5.74, 6) is 0.569. The smallest absolute Gasteiger partial charge is 0.150 e. The van der Waals surface area contributed by atoms with Gasteiger partial charge in [-0.25, -0.2) is 0 Å². The fourth-order valence-corrected chi connectivity index (χ4v) is 1.69. The summed E-state index contributed by atoms with van der Waals surface area (Å²) in [5.41, 5.74) is 1.54. The van der Waals surface area contributed by atoms with Crippen LogP contribution in [0.15, 0.2) is 24.3 Å². The minimum Gasteiger partial charge on any atom is -0.298 e. The molecule has 1 aromatic rings. The molecule has 0 aromatic heterocycles. The van der Waals surface area contributed by atoms with Gasteiger partial charge >= 0.3 is 0 Å². The maximum atomic E-state index is 10.9. The summed E-state index contributed by atoms with van der Waals surface area (Å²) >= 11 is 11.7. The minimum atomic E-state index is 0.484. The Morgan fingerprint density at radius 2 is 2.00 bits per heavy atom. The van der Waals surface area contributed by atoms with E-state index in [1.54, 1.807) is 12.1 Å². The standard InChI is InChI=1S/C12H10Cl2O/c13-11-4-3-9(6-12(11)14)10(7-15)5-8-1-2-8/h3-8H,1-2H2/b10-5+. The molecule has 15 heavy (non-hydrogen) atoms. The maximum Gasteiger partial charge on any atom is 0.150 e. The summed E-state index contributed by atoms with van der Waals surface area (Å²) in [7, 11) is 0. The quantitative estimate of drug-likeness (QED) is 0.577. The second-order valence-electron chi connectivity index (χ2n) is 3.71. The fourth-order valence-electron chi connectivity index (χ4n) is 1.40. The molecule has 0 atom stereocenters. The Bertz CT molecular complexity index is 420. The number of hydrogen-bond acceptors (Lipinski definition) is 1. The normalized spacial score (nSPS) is 16.5. The van der Waals surface area contributed by atoms with Crippen molar-refractivity contribution < 1.29 is 4.79 Å². The lowest BCUT2D eigenvalue weighted by molar-refractivity contribution is -0.103. The van der Waals surface area contributed by atoms with Gasteiger partial charge < -0.3 is 0 Å². The van der Waals surface area contributed by atoms with Crippen molar-refractivity contribution in [3.05, 3.63) is 39.9 Å². The molecule has 1 aromatic carbocycles. The molecular weight excluding hydrogens is 231 g/mol. The van der Waals surface area contributed by atoms with E-state index in [0.29, 0.717) is 21.5 Å². The van der Waals surface area contributed by atoms with Crippen LogP contribution in [0, 0.1) is 5.92 Å². The second kappa shape index (κ2) is 4.38. The van der Waals surface area contributed by atoms with Crippen LogP contribution in [0.25, 0.3) is 5.57 Å². The fraction of sp³-hybridized carbons (Fsp3) is 0.250. The van der Waals surface area contributed by atoms with Gasteiger partial charge in [0, 0.05) is 5.57 Å². The number of rotatable bonds is 3. The molecule has 0 heterocycles. The van der Waals surface area contributed by atoms with Crippen molar-refractivity contribution in [2.45, 2.75) is 12.8 Å². The van der Waals surface area contributed by atoms with E-state index in [1.807, 2.05) is 12.1 Å². The summed E-state index contributed by atoms with van der Waals surface area (Å²) in [6.07, 6.45) is 5.24. The predicted molar refractivity (Wildman–Crippen MR) is 63.2 cm³/mol. The summed E-state index contributed by atoms with van der Waals surface area (Å²) in [6.45, 7) is 0. The molecule has 3 heteroatoms. The van der Waals surface area contributed by atoms with Crippen molar-refractivity contribution in [1.82, 2.24) is 0 Å². The minimum absolute atomic E-state index is 0.484. The van der Waals surface area contributed by atoms with E-state index in [4.69, 9.17) is 23.2 Å². The molecule has 1 saturated carbocycles. The van der Waals surface area contributed by atoms with Gasteiger partial charge in [0.2, 0.25) is 0 Å². The van der Waals surface area contributed by atoms with Crippen LogP contribution in [0.3, 0.4) is 0 Å². The molecule has 78 valence electrons. The molecule has 0 radical (unpaired) electrons. The zero-order valence-electron chi connectivity index (χ0n) is 8.04. The predicted octanol–water partition coefficient (Wildman–Crippen LogP) is 3.99. The molecule has 0 bridgehead atoms. The second-order valence-corrected chi connectivity index (χ2v) is 4.52. The van der Waals surface area contributed by atoms with Crippen LogP contribution in [0.2, 0.25) is 10.0 Å². The van der Waals surface area contributed by atoms with Crippen LogP contribution < -0.4 is 0 Å². The summed E-state index contributed by atoms with van der Waals surface area (Å²) in [5, 5.41) is 0.995. The zero-order chi connectivity index (χ0) is 10.8. The third-order valence-electron chi connectivity index (χ3n) is 2.42. The number of benzene rings is 1. The van der Waals surface area contributed by atoms with Crippen molar-refractivity contribution in [3.8, 4) is 0 Å². The summed E-state index contributed by atoms with van der Waals surface area (Å²) in [4.78, 5) is 10.9. The Morgan fingerprint density at radius 1 is 1.27 bits per heavy atom. The highest BCUT2D eigenvalue weighted by Crippen LogP contribution is 2.34. The Balaban J connectivity index is 2.33. The van der Waals surface area contributed by atoms with E-state index in [1.165, 1.54) is 12.8 Å². The van der Waals surface area contributed by atoms with Gasteiger partial charge in [-0.1, -0.05) is 35.3 Å². The van der Waals surface area contributed by atoms with Crippen molar-refractivity contribution >= 4 is 35.1 Å². The van der Waals surface area contributed by atoms with Gasteiger partial charge in [-0.15, -0.1) is 0 Å². The number of hydrogen-bond donors (Lipinski definition) is 0. The molecule has 1 aliphatic carbocycles. The highest BCUT2D eigenvalue weighted by molar-refractivity contribution is 6.42. The summed E-state index contributed by atoms with van der Waals surface area (Å²) in [6, 6.07) is 5.26. The van der Waals surface area contributed by atoms with Crippen LogP contribution in [0.4, 0.5) is 0 Å². The van der Waals surface area contributed by atoms with Gasteiger partial charge in [-0.05, 0) is 36.5 Å². The molecule has 0 saturated heterocycles. The maximum absolute atomic E-state index is 10.9. The van der Waals surface area contributed by atoms with Gasteiger partial charge in [-0.3, -0.25) is 4.79 Å². The van der Waals surface area contributed by atoms with Gasteiger partial charge in [0.25, 0.3) is 0 Å². The van der Waals surface area contributed by atoms with E-state index < -0.39 is 0 Å². The SMILES string of the molecule is O=C/C(=C\C1CC1)c1ccc(Cl)c(Cl)c1. The lowest BCUT2D eigenvalue weighted by atomic mass is 10.1. The third kappa shape index (κ3) is 2.61. The van der Waals surface area contributed by atoms with E-state index in [-0.39, 0.29) is 0 Å². The van der Waals surface area contributed by atoms with E-state index >= 15 is 0 Å². The first-order valence-corrected chi connectivity index (χ1v) is 5.58. The molecule has 2 rings (SSSR count). The third-order valence-corrected chi connectivity index (χ3v) is 3.16. The van der Waals surface area contributed by atoms with Crippen molar-refractivity contribution in [2.75, 3.05) is 0 Å². The van der Waals surface area contributed by atoms with Crippen molar-refractivity contribution in [1.29, 1.82) is 0 Å². The van der Waals surface area contributed by atoms with Gasteiger partial charge in [0.05, 0.1) is 10.0 Å². The van der Waals surface area contributed by atoms with Crippen LogP contribution in [0.5, 0.6) is 0 Å². The monoisotopic (exact) mass is 240 g/mol. The Hall–Kier alpha value is -0.790. The van der Waals surface area contributed by atoms with Crippen LogP contribution >= 0.6 is 23.2 Å². The largest absolute Gasteiger partial charge is 0.298 e. The first kappa shape index (κ1) is 10.7. The average Bonchev–Trinajstić information content (AvgIpc) is 3.02. The molecule has 0 aliphatic heterocycles. The molecule has 0 N–H and O–H groups in total. The molecule has 1 fully saturated rings. The molecular formula is C12H10Cl2O. The van der Waals surface area contributed by atoms with E-state index in [9.17, 15) is 4.79 Å². The zero-order valence-corrected chi connectivity index (χ0v) is 9.55. The first-order chi connectivity index (χ1) is 7.20. The van der Waals surface area contributed by atoms with Crippen LogP contribution in [-0.4, -0.2) is 6.29 Å². The van der Waals surface area contributed by atoms with Crippen molar-refractivity contribution in [2.24, 2.45) is 5.92 Å². The van der Waals surface area contributed by atoms with Crippen LogP contribution in [-0.2, 0) is 4.79 Å². The number of carbonyl (C=O) groups is 1. The molecule has 0 spiro atoms. The van der Waals surface area contributed by atoms with Gasteiger partial charge in [-0.2, -0.15) is 0 Å². The highest BCUT2D eigenvalue weighted by atomic mass is 35.5. The Kier molecular flexibility index (Phi) is 3.13. The van der Waals surface area contributed by atoms with Gasteiger partial charge in [0.1, 0.15) is 6.29 Å². The van der Waals surface area contributed by atoms with E-state index in [2.05, 4.69) is 0 Å². The lowest BCUT2D eigenvalue weighted by Gasteiger charge is -2.02.